The Balaban J connectivity index is 2.74. The van der Waals surface area contributed by atoms with Crippen molar-refractivity contribution < 1.29 is 19.1 Å². The molecule has 0 aromatic heterocycles. The molecule has 0 bridgehead atoms. The van der Waals surface area contributed by atoms with E-state index in [9.17, 15) is 9.59 Å². The molecule has 0 aliphatic heterocycles. The smallest absolute Gasteiger partial charge is 0.253 e. The lowest BCUT2D eigenvalue weighted by molar-refractivity contribution is -0.126. The first-order valence-electron chi connectivity index (χ1n) is 6.71. The summed E-state index contributed by atoms with van der Waals surface area (Å²) in [6.45, 7) is 2.20. The number of nitrogens with one attached hydrogen (secondary N) is 1. The Kier molecular flexibility index (Phi) is 7.42. The van der Waals surface area contributed by atoms with Crippen LogP contribution in [0.25, 0.3) is 0 Å². The van der Waals surface area contributed by atoms with Crippen LogP contribution in [0.5, 0.6) is 0 Å². The van der Waals surface area contributed by atoms with Crippen molar-refractivity contribution in [1.82, 2.24) is 5.32 Å². The van der Waals surface area contributed by atoms with Gasteiger partial charge in [-0.3, -0.25) is 9.59 Å². The van der Waals surface area contributed by atoms with Crippen LogP contribution in [0, 0.1) is 0 Å². The Labute approximate surface area is 125 Å². The summed E-state index contributed by atoms with van der Waals surface area (Å²) in [5.74, 6) is -0.367. The van der Waals surface area contributed by atoms with Crippen molar-refractivity contribution in [2.75, 3.05) is 38.9 Å². The van der Waals surface area contributed by atoms with Crippen molar-refractivity contribution in [3.63, 3.8) is 0 Å². The van der Waals surface area contributed by atoms with Crippen LogP contribution in [-0.2, 0) is 19.1 Å². The highest BCUT2D eigenvalue weighted by Gasteiger charge is 2.19. The number of ether oxygens (including phenoxy) is 2. The van der Waals surface area contributed by atoms with E-state index in [1.807, 2.05) is 37.3 Å². The van der Waals surface area contributed by atoms with E-state index in [0.717, 1.165) is 5.69 Å². The van der Waals surface area contributed by atoms with E-state index in [1.54, 1.807) is 4.90 Å². The summed E-state index contributed by atoms with van der Waals surface area (Å²) in [4.78, 5) is 25.3. The van der Waals surface area contributed by atoms with Crippen molar-refractivity contribution >= 4 is 17.5 Å². The monoisotopic (exact) mass is 294 g/mol. The summed E-state index contributed by atoms with van der Waals surface area (Å²) in [5, 5.41) is 2.78. The lowest BCUT2D eigenvalue weighted by Crippen LogP contribution is -2.46. The average molecular weight is 294 g/mol. The molecule has 1 rings (SSSR count). The van der Waals surface area contributed by atoms with E-state index >= 15 is 0 Å². The van der Waals surface area contributed by atoms with Crippen molar-refractivity contribution in [2.45, 2.75) is 13.0 Å². The van der Waals surface area contributed by atoms with E-state index < -0.39 is 0 Å². The Hall–Kier alpha value is -1.92. The minimum absolute atomic E-state index is 0.00168. The molecule has 0 heterocycles. The van der Waals surface area contributed by atoms with E-state index in [4.69, 9.17) is 9.47 Å². The van der Waals surface area contributed by atoms with Crippen LogP contribution in [0.15, 0.2) is 30.3 Å². The van der Waals surface area contributed by atoms with Crippen LogP contribution in [-0.4, -0.2) is 51.8 Å². The first-order chi connectivity index (χ1) is 10.1. The number of anilines is 1. The average Bonchev–Trinajstić information content (AvgIpc) is 2.46. The minimum Gasteiger partial charge on any atom is -0.375 e. The van der Waals surface area contributed by atoms with Gasteiger partial charge in [0.1, 0.15) is 13.2 Å². The lowest BCUT2D eigenvalue weighted by atomic mass is 10.2. The van der Waals surface area contributed by atoms with Crippen LogP contribution < -0.4 is 10.2 Å². The number of hydrogen-bond acceptors (Lipinski definition) is 4. The fourth-order valence-corrected chi connectivity index (χ4v) is 1.93. The Bertz CT molecular complexity index is 450. The highest BCUT2D eigenvalue weighted by molar-refractivity contribution is 5.94. The fourth-order valence-electron chi connectivity index (χ4n) is 1.93. The van der Waals surface area contributed by atoms with Gasteiger partial charge in [0.05, 0.1) is 0 Å². The number of hydrogen-bond donors (Lipinski definition) is 1. The largest absolute Gasteiger partial charge is 0.375 e. The van der Waals surface area contributed by atoms with Crippen LogP contribution in [0.3, 0.4) is 0 Å². The van der Waals surface area contributed by atoms with Gasteiger partial charge < -0.3 is 19.7 Å². The van der Waals surface area contributed by atoms with E-state index in [0.29, 0.717) is 6.54 Å². The molecular weight excluding hydrogens is 272 g/mol. The molecule has 1 aromatic carbocycles. The summed E-state index contributed by atoms with van der Waals surface area (Å²) in [6, 6.07) is 9.09. The standard InChI is InChI=1S/C15H22N2O4/c1-12(16-14(18)10-20-2)9-17(15(19)11-21-3)13-7-5-4-6-8-13/h4-8,12H,9-11H2,1-3H3,(H,16,18)/t12-/m1/s1. The maximum Gasteiger partial charge on any atom is 0.253 e. The maximum atomic E-state index is 12.2. The molecule has 0 fully saturated rings. The van der Waals surface area contributed by atoms with Gasteiger partial charge in [0, 0.05) is 32.5 Å². The van der Waals surface area contributed by atoms with Crippen molar-refractivity contribution in [3.8, 4) is 0 Å². The molecule has 21 heavy (non-hydrogen) atoms. The number of amides is 2. The lowest BCUT2D eigenvalue weighted by Gasteiger charge is -2.26. The number of carbonyl (C=O) groups is 2. The summed E-state index contributed by atoms with van der Waals surface area (Å²) < 4.78 is 9.68. The van der Waals surface area contributed by atoms with Gasteiger partial charge in [0.2, 0.25) is 5.91 Å². The predicted octanol–water partition coefficient (Wildman–Crippen LogP) is 0.817. The molecule has 6 heteroatoms. The van der Waals surface area contributed by atoms with E-state index in [1.165, 1.54) is 14.2 Å². The fraction of sp³-hybridized carbons (Fsp3) is 0.467. The topological polar surface area (TPSA) is 67.9 Å². The van der Waals surface area contributed by atoms with Crippen LogP contribution in [0.4, 0.5) is 5.69 Å². The van der Waals surface area contributed by atoms with Gasteiger partial charge in [-0.1, -0.05) is 18.2 Å². The molecular formula is C15H22N2O4. The third-order valence-electron chi connectivity index (χ3n) is 2.78. The summed E-state index contributed by atoms with van der Waals surface area (Å²) in [5.41, 5.74) is 0.771. The molecule has 0 saturated carbocycles. The molecule has 6 nitrogen and oxygen atoms in total. The number of methoxy groups -OCH3 is 2. The number of carbonyl (C=O) groups excluding carboxylic acids is 2. The van der Waals surface area contributed by atoms with Gasteiger partial charge in [0.15, 0.2) is 0 Å². The van der Waals surface area contributed by atoms with Gasteiger partial charge in [0.25, 0.3) is 5.91 Å². The third kappa shape index (κ3) is 5.93. The number of nitrogens with zero attached hydrogens (tertiary/aromatic N) is 1. The van der Waals surface area contributed by atoms with Crippen molar-refractivity contribution in [1.29, 1.82) is 0 Å². The van der Waals surface area contributed by atoms with Gasteiger partial charge in [-0.2, -0.15) is 0 Å². The molecule has 0 spiro atoms. The number of rotatable bonds is 8. The Morgan fingerprint density at radius 2 is 1.76 bits per heavy atom. The zero-order valence-electron chi connectivity index (χ0n) is 12.7. The third-order valence-corrected chi connectivity index (χ3v) is 2.78. The summed E-state index contributed by atoms with van der Waals surface area (Å²) >= 11 is 0. The van der Waals surface area contributed by atoms with Crippen LogP contribution >= 0.6 is 0 Å². The number of para-hydroxylation sites is 1. The van der Waals surface area contributed by atoms with Crippen molar-refractivity contribution in [3.05, 3.63) is 30.3 Å². The van der Waals surface area contributed by atoms with Gasteiger partial charge in [-0.15, -0.1) is 0 Å². The van der Waals surface area contributed by atoms with E-state index in [2.05, 4.69) is 5.32 Å². The zero-order valence-corrected chi connectivity index (χ0v) is 12.7. The summed E-state index contributed by atoms with van der Waals surface area (Å²) in [7, 11) is 2.94. The van der Waals surface area contributed by atoms with Crippen LogP contribution in [0.1, 0.15) is 6.92 Å². The molecule has 0 aliphatic carbocycles. The minimum atomic E-state index is -0.211. The maximum absolute atomic E-state index is 12.2. The molecule has 0 radical (unpaired) electrons. The van der Waals surface area contributed by atoms with Gasteiger partial charge in [-0.25, -0.2) is 0 Å². The highest BCUT2D eigenvalue weighted by Crippen LogP contribution is 2.14. The molecule has 0 saturated heterocycles. The Morgan fingerprint density at radius 1 is 1.14 bits per heavy atom. The predicted molar refractivity (Wildman–Crippen MR) is 80.2 cm³/mol. The highest BCUT2D eigenvalue weighted by atomic mass is 16.5. The quantitative estimate of drug-likeness (QED) is 0.770. The number of benzene rings is 1. The first kappa shape index (κ1) is 17.1. The van der Waals surface area contributed by atoms with Crippen LogP contribution in [0.2, 0.25) is 0 Å². The van der Waals surface area contributed by atoms with Gasteiger partial charge in [-0.05, 0) is 19.1 Å². The molecule has 1 N–H and O–H groups in total. The molecule has 1 aromatic rings. The molecule has 0 unspecified atom stereocenters. The normalized spacial score (nSPS) is 11.8. The molecule has 116 valence electrons. The van der Waals surface area contributed by atoms with Crippen molar-refractivity contribution in [2.24, 2.45) is 0 Å². The SMILES string of the molecule is COCC(=O)N[C@H](C)CN(C(=O)COC)c1ccccc1. The Morgan fingerprint density at radius 3 is 2.33 bits per heavy atom. The second-order valence-corrected chi connectivity index (χ2v) is 4.67. The van der Waals surface area contributed by atoms with Gasteiger partial charge >= 0.3 is 0 Å². The van der Waals surface area contributed by atoms with E-state index in [-0.39, 0.29) is 31.1 Å². The zero-order chi connectivity index (χ0) is 15.7. The second kappa shape index (κ2) is 9.10. The second-order valence-electron chi connectivity index (χ2n) is 4.67. The first-order valence-corrected chi connectivity index (χ1v) is 6.71. The molecule has 2 amide bonds. The molecule has 1 atom stereocenters. The summed E-state index contributed by atoms with van der Waals surface area (Å²) in [6.07, 6.45) is 0. The molecule has 0 aliphatic rings.